The number of carbonyl (C=O) groups is 1. The van der Waals surface area contributed by atoms with E-state index in [-0.39, 0.29) is 12.1 Å². The van der Waals surface area contributed by atoms with Gasteiger partial charge in [0.25, 0.3) is 0 Å². The summed E-state index contributed by atoms with van der Waals surface area (Å²) in [4.78, 5) is 11.7. The molecule has 0 bridgehead atoms. The smallest absolute Gasteiger partial charge is 0.314 e. The zero-order valence-corrected chi connectivity index (χ0v) is 11.0. The van der Waals surface area contributed by atoms with Crippen molar-refractivity contribution in [1.29, 1.82) is 0 Å². The van der Waals surface area contributed by atoms with Gasteiger partial charge in [-0.05, 0) is 27.2 Å². The molecule has 0 rings (SSSR count). The lowest BCUT2D eigenvalue weighted by atomic mass is 9.89. The number of esters is 1. The summed E-state index contributed by atoms with van der Waals surface area (Å²) in [6.45, 7) is 8.86. The Balaban J connectivity index is 4.20. The van der Waals surface area contributed by atoms with Crippen LogP contribution >= 0.6 is 0 Å². The second-order valence-corrected chi connectivity index (χ2v) is 4.21. The highest BCUT2D eigenvalue weighted by molar-refractivity contribution is 5.76. The molecule has 2 atom stereocenters. The number of hydrogen-bond acceptors (Lipinski definition) is 4. The van der Waals surface area contributed by atoms with Crippen molar-refractivity contribution in [3.8, 4) is 0 Å². The van der Waals surface area contributed by atoms with Crippen LogP contribution in [0.25, 0.3) is 0 Å². The number of hydrogen-bond donors (Lipinski definition) is 0. The molecule has 4 nitrogen and oxygen atoms in total. The standard InChI is InChI=1S/C12H24O4/c1-6-12(4,11(13)15-7-2)9-16-10(3)8-14-5/h10H,6-9H2,1-5H3. The van der Waals surface area contributed by atoms with Gasteiger partial charge < -0.3 is 14.2 Å². The largest absolute Gasteiger partial charge is 0.466 e. The number of ether oxygens (including phenoxy) is 3. The van der Waals surface area contributed by atoms with E-state index in [2.05, 4.69) is 0 Å². The van der Waals surface area contributed by atoms with Gasteiger partial charge in [0, 0.05) is 7.11 Å². The molecule has 0 amide bonds. The van der Waals surface area contributed by atoms with Gasteiger partial charge >= 0.3 is 5.97 Å². The quantitative estimate of drug-likeness (QED) is 0.601. The van der Waals surface area contributed by atoms with E-state index in [9.17, 15) is 4.79 Å². The normalized spacial score (nSPS) is 16.6. The van der Waals surface area contributed by atoms with Crippen LogP contribution in [0, 0.1) is 5.41 Å². The van der Waals surface area contributed by atoms with Gasteiger partial charge in [-0.1, -0.05) is 6.92 Å². The van der Waals surface area contributed by atoms with Gasteiger partial charge in [0.2, 0.25) is 0 Å². The van der Waals surface area contributed by atoms with E-state index in [0.29, 0.717) is 26.2 Å². The predicted molar refractivity (Wildman–Crippen MR) is 62.3 cm³/mol. The minimum absolute atomic E-state index is 0.00898. The third kappa shape index (κ3) is 4.94. The number of methoxy groups -OCH3 is 1. The fourth-order valence-corrected chi connectivity index (χ4v) is 1.22. The first-order valence-corrected chi connectivity index (χ1v) is 5.78. The van der Waals surface area contributed by atoms with Crippen LogP contribution in [0.15, 0.2) is 0 Å². The van der Waals surface area contributed by atoms with E-state index in [1.165, 1.54) is 0 Å². The van der Waals surface area contributed by atoms with Crippen molar-refractivity contribution in [2.45, 2.75) is 40.2 Å². The van der Waals surface area contributed by atoms with Crippen LogP contribution in [0.5, 0.6) is 0 Å². The molecule has 0 aliphatic heterocycles. The van der Waals surface area contributed by atoms with Crippen LogP contribution in [0.3, 0.4) is 0 Å². The Kier molecular flexibility index (Phi) is 7.34. The van der Waals surface area contributed by atoms with Crippen molar-refractivity contribution in [3.05, 3.63) is 0 Å². The van der Waals surface area contributed by atoms with E-state index in [1.807, 2.05) is 27.7 Å². The van der Waals surface area contributed by atoms with Crippen LogP contribution in [-0.2, 0) is 19.0 Å². The summed E-state index contributed by atoms with van der Waals surface area (Å²) in [5, 5.41) is 0. The van der Waals surface area contributed by atoms with Crippen molar-refractivity contribution in [3.63, 3.8) is 0 Å². The van der Waals surface area contributed by atoms with Gasteiger partial charge in [-0.3, -0.25) is 4.79 Å². The fourth-order valence-electron chi connectivity index (χ4n) is 1.22. The average molecular weight is 232 g/mol. The second-order valence-electron chi connectivity index (χ2n) is 4.21. The summed E-state index contributed by atoms with van der Waals surface area (Å²) in [5.74, 6) is -0.192. The van der Waals surface area contributed by atoms with Gasteiger partial charge in [0.15, 0.2) is 0 Å². The molecule has 96 valence electrons. The first kappa shape index (κ1) is 15.4. The van der Waals surface area contributed by atoms with Crippen LogP contribution in [-0.4, -0.2) is 39.0 Å². The molecular weight excluding hydrogens is 208 g/mol. The molecule has 0 heterocycles. The van der Waals surface area contributed by atoms with Crippen molar-refractivity contribution in [1.82, 2.24) is 0 Å². The van der Waals surface area contributed by atoms with Gasteiger partial charge in [0.05, 0.1) is 31.3 Å². The van der Waals surface area contributed by atoms with Crippen LogP contribution in [0.2, 0.25) is 0 Å². The molecular formula is C12H24O4. The van der Waals surface area contributed by atoms with Crippen LogP contribution in [0.4, 0.5) is 0 Å². The molecule has 0 N–H and O–H groups in total. The molecule has 0 aromatic rings. The summed E-state index contributed by atoms with van der Waals surface area (Å²) in [7, 11) is 1.63. The molecule has 0 fully saturated rings. The molecule has 0 aliphatic rings. The third-order valence-electron chi connectivity index (χ3n) is 2.64. The summed E-state index contributed by atoms with van der Waals surface area (Å²) in [5.41, 5.74) is -0.558. The van der Waals surface area contributed by atoms with Crippen molar-refractivity contribution >= 4 is 5.97 Å². The lowest BCUT2D eigenvalue weighted by Crippen LogP contribution is -2.36. The monoisotopic (exact) mass is 232 g/mol. The molecule has 0 radical (unpaired) electrons. The Hall–Kier alpha value is -0.610. The van der Waals surface area contributed by atoms with Crippen LogP contribution < -0.4 is 0 Å². The lowest BCUT2D eigenvalue weighted by molar-refractivity contribution is -0.160. The fraction of sp³-hybridized carbons (Fsp3) is 0.917. The maximum absolute atomic E-state index is 11.7. The van der Waals surface area contributed by atoms with Crippen molar-refractivity contribution in [2.75, 3.05) is 26.9 Å². The Morgan fingerprint density at radius 2 is 2.00 bits per heavy atom. The zero-order valence-electron chi connectivity index (χ0n) is 11.0. The van der Waals surface area contributed by atoms with Crippen molar-refractivity contribution in [2.24, 2.45) is 5.41 Å². The maximum Gasteiger partial charge on any atom is 0.314 e. The number of carbonyl (C=O) groups excluding carboxylic acids is 1. The van der Waals surface area contributed by atoms with Crippen LogP contribution in [0.1, 0.15) is 34.1 Å². The van der Waals surface area contributed by atoms with E-state index in [0.717, 1.165) is 0 Å². The Labute approximate surface area is 98.3 Å². The van der Waals surface area contributed by atoms with E-state index >= 15 is 0 Å². The molecule has 0 saturated heterocycles. The molecule has 0 aromatic carbocycles. The highest BCUT2D eigenvalue weighted by Crippen LogP contribution is 2.24. The first-order valence-electron chi connectivity index (χ1n) is 5.78. The van der Waals surface area contributed by atoms with Crippen molar-refractivity contribution < 1.29 is 19.0 Å². The Bertz CT molecular complexity index is 205. The summed E-state index contributed by atoms with van der Waals surface area (Å²) >= 11 is 0. The molecule has 0 aromatic heterocycles. The van der Waals surface area contributed by atoms with Gasteiger partial charge in [-0.2, -0.15) is 0 Å². The predicted octanol–water partition coefficient (Wildman–Crippen LogP) is 2.02. The lowest BCUT2D eigenvalue weighted by Gasteiger charge is -2.27. The Morgan fingerprint density at radius 1 is 1.38 bits per heavy atom. The second kappa shape index (κ2) is 7.63. The zero-order chi connectivity index (χ0) is 12.6. The van der Waals surface area contributed by atoms with Gasteiger partial charge in [0.1, 0.15) is 0 Å². The minimum Gasteiger partial charge on any atom is -0.466 e. The SMILES string of the molecule is CCOC(=O)C(C)(CC)COC(C)COC. The van der Waals surface area contributed by atoms with Gasteiger partial charge in [-0.25, -0.2) is 0 Å². The molecule has 16 heavy (non-hydrogen) atoms. The molecule has 0 spiro atoms. The number of rotatable bonds is 8. The summed E-state index contributed by atoms with van der Waals surface area (Å²) in [6, 6.07) is 0. The first-order chi connectivity index (χ1) is 7.50. The summed E-state index contributed by atoms with van der Waals surface area (Å²) < 4.78 is 15.6. The summed E-state index contributed by atoms with van der Waals surface area (Å²) in [6.07, 6.45) is 0.691. The van der Waals surface area contributed by atoms with E-state index in [1.54, 1.807) is 7.11 Å². The maximum atomic E-state index is 11.7. The highest BCUT2D eigenvalue weighted by atomic mass is 16.5. The van der Waals surface area contributed by atoms with E-state index in [4.69, 9.17) is 14.2 Å². The average Bonchev–Trinajstić information content (AvgIpc) is 2.26. The molecule has 2 unspecified atom stereocenters. The third-order valence-corrected chi connectivity index (χ3v) is 2.64. The van der Waals surface area contributed by atoms with E-state index < -0.39 is 5.41 Å². The topological polar surface area (TPSA) is 44.8 Å². The Morgan fingerprint density at radius 3 is 2.44 bits per heavy atom. The minimum atomic E-state index is -0.558. The highest BCUT2D eigenvalue weighted by Gasteiger charge is 2.33. The molecule has 0 saturated carbocycles. The van der Waals surface area contributed by atoms with Gasteiger partial charge in [-0.15, -0.1) is 0 Å². The molecule has 4 heteroatoms. The molecule has 0 aliphatic carbocycles.